The number of rotatable bonds is 6. The zero-order valence-corrected chi connectivity index (χ0v) is 25.9. The molecule has 0 spiro atoms. The average molecular weight is 636 g/mol. The van der Waals surface area contributed by atoms with Gasteiger partial charge in [0.15, 0.2) is 5.66 Å². The van der Waals surface area contributed by atoms with E-state index in [9.17, 15) is 23.9 Å². The lowest BCUT2D eigenvalue weighted by molar-refractivity contribution is -0.116. The van der Waals surface area contributed by atoms with E-state index in [1.807, 2.05) is 60.7 Å². The van der Waals surface area contributed by atoms with Gasteiger partial charge in [-0.25, -0.2) is 4.98 Å². The molecule has 7 rings (SSSR count). The summed E-state index contributed by atoms with van der Waals surface area (Å²) in [6.07, 6.45) is 1.53. The van der Waals surface area contributed by atoms with Crippen LogP contribution in [0.4, 0.5) is 5.69 Å². The van der Waals surface area contributed by atoms with Gasteiger partial charge >= 0.3 is 7.60 Å². The van der Waals surface area contributed by atoms with E-state index in [0.29, 0.717) is 18.5 Å². The maximum atomic E-state index is 14.0. The van der Waals surface area contributed by atoms with E-state index in [1.54, 1.807) is 52.6 Å². The highest BCUT2D eigenvalue weighted by molar-refractivity contribution is 7.53. The summed E-state index contributed by atoms with van der Waals surface area (Å²) in [5, 5.41) is 6.79. The number of amides is 2. The van der Waals surface area contributed by atoms with Gasteiger partial charge < -0.3 is 20.0 Å². The van der Waals surface area contributed by atoms with Crippen molar-refractivity contribution in [2.24, 2.45) is 0 Å². The summed E-state index contributed by atoms with van der Waals surface area (Å²) in [7, 11) is -4.97. The van der Waals surface area contributed by atoms with Crippen LogP contribution in [0, 0.1) is 0 Å². The normalized spacial score (nSPS) is 15.0. The number of piperidine rings is 1. The molecule has 2 heterocycles. The number of benzene rings is 5. The number of nitrogens with zero attached hydrogens (tertiary/aromatic N) is 2. The van der Waals surface area contributed by atoms with E-state index in [2.05, 4.69) is 11.4 Å². The molecule has 1 aliphatic rings. The Kier molecular flexibility index (Phi) is 7.71. The molecule has 8 nitrogen and oxygen atoms in total. The largest absolute Gasteiger partial charge is 0.342 e. The maximum absolute atomic E-state index is 14.0. The predicted octanol–water partition coefficient (Wildman–Crippen LogP) is 7.48. The molecule has 45 heavy (non-hydrogen) atoms. The first-order valence-electron chi connectivity index (χ1n) is 14.8. The topological polar surface area (TPSA) is 120 Å². The Balaban J connectivity index is 1.19. The quantitative estimate of drug-likeness (QED) is 0.163. The van der Waals surface area contributed by atoms with Crippen molar-refractivity contribution in [3.8, 4) is 0 Å². The van der Waals surface area contributed by atoms with Crippen LogP contribution in [-0.4, -0.2) is 44.6 Å². The summed E-state index contributed by atoms with van der Waals surface area (Å²) >= 11 is 1.70. The van der Waals surface area contributed by atoms with Crippen molar-refractivity contribution in [1.29, 1.82) is 0 Å². The molecule has 5 aromatic carbocycles. The number of aromatic nitrogens is 1. The minimum atomic E-state index is -4.97. The van der Waals surface area contributed by atoms with E-state index >= 15 is 0 Å². The standard InChI is InChI=1S/C35H30N3O5PS/c39-33(32(44(41,42)43)27-13-7-11-22-8-3-4-12-26(22)27)36-30-21-25-10-2-1-9-24(25)20-28(30)35(40)38-18-16-23(17-19-38)34-37-29-14-5-6-15-31(29)45-34/h1-15,20-21,23,32H,16-19H2,(H,36,39)(H2,41,42,43). The molecule has 1 aromatic heterocycles. The molecular formula is C35H30N3O5PS. The first kappa shape index (κ1) is 29.3. The van der Waals surface area contributed by atoms with Gasteiger partial charge in [0.2, 0.25) is 5.91 Å². The van der Waals surface area contributed by atoms with Gasteiger partial charge in [-0.15, -0.1) is 11.3 Å². The van der Waals surface area contributed by atoms with Crippen LogP contribution in [0.5, 0.6) is 0 Å². The van der Waals surface area contributed by atoms with Crippen molar-refractivity contribution in [2.75, 3.05) is 18.4 Å². The molecule has 6 aromatic rings. The molecule has 0 aliphatic carbocycles. The van der Waals surface area contributed by atoms with E-state index in [0.717, 1.165) is 44.2 Å². The summed E-state index contributed by atoms with van der Waals surface area (Å²) in [6.45, 7) is 1.06. The van der Waals surface area contributed by atoms with Gasteiger partial charge in [0.05, 0.1) is 26.5 Å². The Hall–Kier alpha value is -4.40. The summed E-state index contributed by atoms with van der Waals surface area (Å²) < 4.78 is 14.0. The van der Waals surface area contributed by atoms with Crippen LogP contribution in [-0.2, 0) is 9.36 Å². The minimum Gasteiger partial charge on any atom is -0.339 e. The third-order valence-electron chi connectivity index (χ3n) is 8.52. The van der Waals surface area contributed by atoms with Crippen LogP contribution in [0.25, 0.3) is 31.8 Å². The number of hydrogen-bond donors (Lipinski definition) is 3. The fourth-order valence-corrected chi connectivity index (χ4v) is 8.34. The SMILES string of the molecule is O=C(Nc1cc2ccccc2cc1C(=O)N1CCC(c2nc3ccccc3s2)CC1)C(c1cccc2ccccc12)P(=O)(O)O. The molecule has 10 heteroatoms. The highest BCUT2D eigenvalue weighted by Gasteiger charge is 2.39. The molecule has 0 bridgehead atoms. The van der Waals surface area contributed by atoms with Crippen LogP contribution in [0.2, 0.25) is 0 Å². The van der Waals surface area contributed by atoms with Crippen molar-refractivity contribution in [3.05, 3.63) is 119 Å². The number of thiazole rings is 1. The van der Waals surface area contributed by atoms with Crippen molar-refractivity contribution in [2.45, 2.75) is 24.4 Å². The van der Waals surface area contributed by atoms with Gasteiger partial charge in [-0.2, -0.15) is 0 Å². The lowest BCUT2D eigenvalue weighted by atomic mass is 9.96. The zero-order valence-electron chi connectivity index (χ0n) is 24.2. The third-order valence-corrected chi connectivity index (χ3v) is 10.9. The molecule has 0 saturated carbocycles. The molecule has 2 amide bonds. The Morgan fingerprint density at radius 3 is 2.22 bits per heavy atom. The highest BCUT2D eigenvalue weighted by Crippen LogP contribution is 2.53. The van der Waals surface area contributed by atoms with Crippen LogP contribution in [0.3, 0.4) is 0 Å². The predicted molar refractivity (Wildman–Crippen MR) is 179 cm³/mol. The van der Waals surface area contributed by atoms with Gasteiger partial charge in [-0.3, -0.25) is 14.2 Å². The monoisotopic (exact) mass is 635 g/mol. The average Bonchev–Trinajstić information content (AvgIpc) is 3.48. The fourth-order valence-electron chi connectivity index (χ4n) is 6.25. The molecule has 1 aliphatic heterocycles. The summed E-state index contributed by atoms with van der Waals surface area (Å²) in [5.74, 6) is -0.859. The molecular weight excluding hydrogens is 605 g/mol. The third kappa shape index (κ3) is 5.76. The van der Waals surface area contributed by atoms with Gasteiger partial charge in [0, 0.05) is 19.0 Å². The lowest BCUT2D eigenvalue weighted by Gasteiger charge is -2.32. The van der Waals surface area contributed by atoms with E-state index in [-0.39, 0.29) is 28.6 Å². The summed E-state index contributed by atoms with van der Waals surface area (Å²) in [6, 6.07) is 31.3. The smallest absolute Gasteiger partial charge is 0.339 e. The number of nitrogens with one attached hydrogen (secondary N) is 1. The second-order valence-corrected chi connectivity index (χ2v) is 14.1. The Morgan fingerprint density at radius 2 is 1.49 bits per heavy atom. The van der Waals surface area contributed by atoms with Gasteiger partial charge in [0.1, 0.15) is 0 Å². The number of likely N-dealkylation sites (tertiary alicyclic amines) is 1. The van der Waals surface area contributed by atoms with E-state index in [4.69, 9.17) is 4.98 Å². The summed E-state index contributed by atoms with van der Waals surface area (Å²) in [5.41, 5.74) is -0.0460. The summed E-state index contributed by atoms with van der Waals surface area (Å²) in [4.78, 5) is 55.4. The number of carbonyl (C=O) groups excluding carboxylic acids is 2. The molecule has 1 saturated heterocycles. The van der Waals surface area contributed by atoms with E-state index < -0.39 is 19.2 Å². The van der Waals surface area contributed by atoms with Gasteiger partial charge in [0.25, 0.3) is 5.91 Å². The Morgan fingerprint density at radius 1 is 0.844 bits per heavy atom. The second-order valence-electron chi connectivity index (χ2n) is 11.4. The number of fused-ring (bicyclic) bond motifs is 3. The van der Waals surface area contributed by atoms with Crippen molar-refractivity contribution >= 4 is 68.2 Å². The second kappa shape index (κ2) is 11.8. The van der Waals surface area contributed by atoms with Crippen molar-refractivity contribution in [3.63, 3.8) is 0 Å². The minimum absolute atomic E-state index is 0.218. The highest BCUT2D eigenvalue weighted by atomic mass is 32.1. The maximum Gasteiger partial charge on any atom is 0.342 e. The lowest BCUT2D eigenvalue weighted by Crippen LogP contribution is -2.38. The van der Waals surface area contributed by atoms with Gasteiger partial charge in [-0.1, -0.05) is 78.9 Å². The number of hydrogen-bond acceptors (Lipinski definition) is 5. The zero-order chi connectivity index (χ0) is 31.1. The van der Waals surface area contributed by atoms with Crippen LogP contribution in [0.1, 0.15) is 45.3 Å². The molecule has 226 valence electrons. The first-order valence-corrected chi connectivity index (χ1v) is 17.3. The van der Waals surface area contributed by atoms with Gasteiger partial charge in [-0.05, 0) is 64.2 Å². The number of para-hydroxylation sites is 1. The van der Waals surface area contributed by atoms with Crippen molar-refractivity contribution in [1.82, 2.24) is 9.88 Å². The molecule has 1 unspecified atom stereocenters. The Bertz CT molecular complexity index is 2090. The van der Waals surface area contributed by atoms with Crippen LogP contribution >= 0.6 is 18.9 Å². The molecule has 1 atom stereocenters. The van der Waals surface area contributed by atoms with Crippen molar-refractivity contribution < 1.29 is 23.9 Å². The van der Waals surface area contributed by atoms with Crippen LogP contribution < -0.4 is 5.32 Å². The first-order chi connectivity index (χ1) is 21.8. The molecule has 1 fully saturated rings. The van der Waals surface area contributed by atoms with Crippen LogP contribution in [0.15, 0.2) is 103 Å². The number of anilines is 1. The fraction of sp³-hybridized carbons (Fsp3) is 0.171. The van der Waals surface area contributed by atoms with E-state index in [1.165, 1.54) is 0 Å². The molecule has 0 radical (unpaired) electrons. The molecule has 3 N–H and O–H groups in total. The Labute approximate surface area is 263 Å². The number of carbonyl (C=O) groups is 2.